The van der Waals surface area contributed by atoms with E-state index in [1.54, 1.807) is 7.11 Å². The minimum Gasteiger partial charge on any atom is -0.496 e. The highest BCUT2D eigenvalue weighted by molar-refractivity contribution is 5.94. The molecule has 1 aliphatic rings. The van der Waals surface area contributed by atoms with Gasteiger partial charge in [0.25, 0.3) is 5.91 Å². The van der Waals surface area contributed by atoms with Gasteiger partial charge in [-0.3, -0.25) is 4.79 Å². The normalized spacial score (nSPS) is 16.7. The standard InChI is InChI=1S/C18H18FNO2/c1-22-17-4-2-3-12-7-10-15(11-16(12)17)20-18(21)13-5-8-14(19)9-6-13/h2-6,8-9,15H,7,10-11H2,1H3,(H,20,21). The fraction of sp³-hybridized carbons (Fsp3) is 0.278. The Morgan fingerprint density at radius 2 is 2.00 bits per heavy atom. The van der Waals surface area contributed by atoms with Crippen molar-refractivity contribution in [3.05, 3.63) is 65.0 Å². The highest BCUT2D eigenvalue weighted by Gasteiger charge is 2.23. The van der Waals surface area contributed by atoms with Crippen LogP contribution < -0.4 is 10.1 Å². The summed E-state index contributed by atoms with van der Waals surface area (Å²) in [7, 11) is 1.66. The van der Waals surface area contributed by atoms with Crippen molar-refractivity contribution in [1.82, 2.24) is 5.32 Å². The average molecular weight is 299 g/mol. The molecule has 0 spiro atoms. The number of halogens is 1. The largest absolute Gasteiger partial charge is 0.496 e. The first-order valence-corrected chi connectivity index (χ1v) is 7.38. The maximum absolute atomic E-state index is 12.9. The van der Waals surface area contributed by atoms with E-state index < -0.39 is 0 Å². The molecule has 1 N–H and O–H groups in total. The molecule has 0 aliphatic heterocycles. The fourth-order valence-corrected chi connectivity index (χ4v) is 2.94. The molecule has 1 atom stereocenters. The minimum absolute atomic E-state index is 0.0707. The van der Waals surface area contributed by atoms with Crippen molar-refractivity contribution in [1.29, 1.82) is 0 Å². The molecule has 4 heteroatoms. The van der Waals surface area contributed by atoms with Crippen molar-refractivity contribution in [3.63, 3.8) is 0 Å². The zero-order chi connectivity index (χ0) is 15.5. The van der Waals surface area contributed by atoms with E-state index in [0.717, 1.165) is 25.0 Å². The van der Waals surface area contributed by atoms with Gasteiger partial charge in [0.1, 0.15) is 11.6 Å². The Hall–Kier alpha value is -2.36. The van der Waals surface area contributed by atoms with E-state index in [1.807, 2.05) is 12.1 Å². The number of ether oxygens (including phenoxy) is 1. The quantitative estimate of drug-likeness (QED) is 0.945. The van der Waals surface area contributed by atoms with Crippen LogP contribution in [0.5, 0.6) is 5.75 Å². The summed E-state index contributed by atoms with van der Waals surface area (Å²) in [5.41, 5.74) is 2.93. The van der Waals surface area contributed by atoms with Gasteiger partial charge >= 0.3 is 0 Å². The third-order valence-electron chi connectivity index (χ3n) is 4.10. The molecule has 0 bridgehead atoms. The molecule has 3 rings (SSSR count). The van der Waals surface area contributed by atoms with Crippen LogP contribution in [0.3, 0.4) is 0 Å². The highest BCUT2D eigenvalue weighted by atomic mass is 19.1. The molecule has 2 aromatic carbocycles. The molecule has 1 amide bonds. The van der Waals surface area contributed by atoms with Gasteiger partial charge in [-0.25, -0.2) is 4.39 Å². The van der Waals surface area contributed by atoms with Gasteiger partial charge in [-0.1, -0.05) is 12.1 Å². The van der Waals surface area contributed by atoms with Gasteiger partial charge in [-0.05, 0) is 60.7 Å². The number of rotatable bonds is 3. The van der Waals surface area contributed by atoms with Crippen molar-refractivity contribution < 1.29 is 13.9 Å². The predicted octanol–water partition coefficient (Wildman–Crippen LogP) is 3.12. The van der Waals surface area contributed by atoms with Crippen LogP contribution in [0.15, 0.2) is 42.5 Å². The van der Waals surface area contributed by atoms with Crippen LogP contribution in [0.2, 0.25) is 0 Å². The molecule has 3 nitrogen and oxygen atoms in total. The van der Waals surface area contributed by atoms with E-state index in [9.17, 15) is 9.18 Å². The Balaban J connectivity index is 1.72. The fourth-order valence-electron chi connectivity index (χ4n) is 2.94. The van der Waals surface area contributed by atoms with Crippen LogP contribution in [0.25, 0.3) is 0 Å². The minimum atomic E-state index is -0.340. The van der Waals surface area contributed by atoms with Crippen LogP contribution in [-0.2, 0) is 12.8 Å². The van der Waals surface area contributed by atoms with Crippen molar-refractivity contribution in [3.8, 4) is 5.75 Å². The molecule has 0 radical (unpaired) electrons. The van der Waals surface area contributed by atoms with Gasteiger partial charge in [-0.15, -0.1) is 0 Å². The second-order valence-corrected chi connectivity index (χ2v) is 5.52. The van der Waals surface area contributed by atoms with E-state index in [-0.39, 0.29) is 17.8 Å². The molecule has 0 fully saturated rings. The summed E-state index contributed by atoms with van der Waals surface area (Å²) in [6.07, 6.45) is 2.57. The summed E-state index contributed by atoms with van der Waals surface area (Å²) >= 11 is 0. The van der Waals surface area contributed by atoms with Crippen molar-refractivity contribution in [2.45, 2.75) is 25.3 Å². The lowest BCUT2D eigenvalue weighted by Crippen LogP contribution is -2.39. The first-order chi connectivity index (χ1) is 10.7. The molecule has 0 aromatic heterocycles. The van der Waals surface area contributed by atoms with Crippen molar-refractivity contribution in [2.75, 3.05) is 7.11 Å². The molecule has 0 saturated heterocycles. The summed E-state index contributed by atoms with van der Waals surface area (Å²) in [6, 6.07) is 11.7. The van der Waals surface area contributed by atoms with Gasteiger partial charge in [0.15, 0.2) is 0 Å². The molecular weight excluding hydrogens is 281 g/mol. The molecular formula is C18H18FNO2. The van der Waals surface area contributed by atoms with Crippen LogP contribution in [0.1, 0.15) is 27.9 Å². The Bertz CT molecular complexity index is 668. The Morgan fingerprint density at radius 1 is 1.23 bits per heavy atom. The number of carbonyl (C=O) groups excluding carboxylic acids is 1. The smallest absolute Gasteiger partial charge is 0.251 e. The number of hydrogen-bond acceptors (Lipinski definition) is 2. The number of carbonyl (C=O) groups is 1. The summed E-state index contributed by atoms with van der Waals surface area (Å²) in [4.78, 5) is 12.2. The first kappa shape index (κ1) is 14.6. The van der Waals surface area contributed by atoms with Gasteiger partial charge in [0.05, 0.1) is 7.11 Å². The lowest BCUT2D eigenvalue weighted by Gasteiger charge is -2.27. The topological polar surface area (TPSA) is 38.3 Å². The zero-order valence-electron chi connectivity index (χ0n) is 12.4. The summed E-state index contributed by atoms with van der Waals surface area (Å²) in [6.45, 7) is 0. The SMILES string of the molecule is COc1cccc2c1CC(NC(=O)c1ccc(F)cc1)CC2. The van der Waals surface area contributed by atoms with E-state index in [0.29, 0.717) is 5.56 Å². The first-order valence-electron chi connectivity index (χ1n) is 7.38. The van der Waals surface area contributed by atoms with Crippen LogP contribution in [-0.4, -0.2) is 19.1 Å². The van der Waals surface area contributed by atoms with Crippen molar-refractivity contribution in [2.24, 2.45) is 0 Å². The average Bonchev–Trinajstić information content (AvgIpc) is 2.54. The van der Waals surface area contributed by atoms with E-state index in [1.165, 1.54) is 35.4 Å². The number of fused-ring (bicyclic) bond motifs is 1. The molecule has 2 aromatic rings. The number of nitrogens with one attached hydrogen (secondary N) is 1. The van der Waals surface area contributed by atoms with Crippen LogP contribution >= 0.6 is 0 Å². The molecule has 0 saturated carbocycles. The lowest BCUT2D eigenvalue weighted by atomic mass is 9.87. The number of aryl methyl sites for hydroxylation is 1. The van der Waals surface area contributed by atoms with Crippen LogP contribution in [0, 0.1) is 5.82 Å². The Labute approximate surface area is 129 Å². The van der Waals surface area contributed by atoms with Gasteiger partial charge in [-0.2, -0.15) is 0 Å². The van der Waals surface area contributed by atoms with E-state index in [2.05, 4.69) is 11.4 Å². The molecule has 0 heterocycles. The summed E-state index contributed by atoms with van der Waals surface area (Å²) < 4.78 is 18.3. The zero-order valence-corrected chi connectivity index (χ0v) is 12.4. The van der Waals surface area contributed by atoms with Gasteiger partial charge < -0.3 is 10.1 Å². The summed E-state index contributed by atoms with van der Waals surface area (Å²) in [5, 5.41) is 3.03. The van der Waals surface area contributed by atoms with Gasteiger partial charge in [0.2, 0.25) is 0 Å². The number of amides is 1. The van der Waals surface area contributed by atoms with Crippen molar-refractivity contribution >= 4 is 5.91 Å². The van der Waals surface area contributed by atoms with Gasteiger partial charge in [0, 0.05) is 11.6 Å². The Kier molecular flexibility index (Phi) is 4.09. The highest BCUT2D eigenvalue weighted by Crippen LogP contribution is 2.29. The molecule has 1 aliphatic carbocycles. The summed E-state index contributed by atoms with van der Waals surface area (Å²) in [5.74, 6) is 0.370. The number of benzene rings is 2. The van der Waals surface area contributed by atoms with E-state index in [4.69, 9.17) is 4.74 Å². The molecule has 22 heavy (non-hydrogen) atoms. The van der Waals surface area contributed by atoms with E-state index >= 15 is 0 Å². The predicted molar refractivity (Wildman–Crippen MR) is 82.7 cm³/mol. The third-order valence-corrected chi connectivity index (χ3v) is 4.10. The second-order valence-electron chi connectivity index (χ2n) is 5.52. The number of hydrogen-bond donors (Lipinski definition) is 1. The Morgan fingerprint density at radius 3 is 2.73 bits per heavy atom. The maximum Gasteiger partial charge on any atom is 0.251 e. The molecule has 1 unspecified atom stereocenters. The number of methoxy groups -OCH3 is 1. The second kappa shape index (κ2) is 6.18. The monoisotopic (exact) mass is 299 g/mol. The third kappa shape index (κ3) is 2.96. The maximum atomic E-state index is 12.9. The molecule has 114 valence electrons. The van der Waals surface area contributed by atoms with Crippen LogP contribution in [0.4, 0.5) is 4.39 Å². The lowest BCUT2D eigenvalue weighted by molar-refractivity contribution is 0.0933.